The number of aromatic nitrogens is 1. The van der Waals surface area contributed by atoms with Crippen molar-refractivity contribution in [3.05, 3.63) is 18.0 Å². The molecule has 16 heavy (non-hydrogen) atoms. The van der Waals surface area contributed by atoms with Gasteiger partial charge in [0.25, 0.3) is 0 Å². The Morgan fingerprint density at radius 1 is 1.56 bits per heavy atom. The van der Waals surface area contributed by atoms with Crippen molar-refractivity contribution in [2.75, 3.05) is 0 Å². The zero-order valence-corrected chi connectivity index (χ0v) is 10.5. The molecule has 0 aromatic carbocycles. The first kappa shape index (κ1) is 11.6. The van der Waals surface area contributed by atoms with Gasteiger partial charge >= 0.3 is 0 Å². The zero-order chi connectivity index (χ0) is 11.6. The average molecular weight is 222 g/mol. The molecule has 1 aliphatic carbocycles. The van der Waals surface area contributed by atoms with Gasteiger partial charge in [-0.3, -0.25) is 0 Å². The first-order chi connectivity index (χ1) is 7.57. The standard InChI is InChI=1S/C13H22N2O/c1-10-8-13(2,3)6-4-12(10)14-9-11-5-7-16-15-11/h5,7,10,12,14H,4,6,8-9H2,1-3H3. The molecule has 1 fully saturated rings. The maximum atomic E-state index is 4.82. The smallest absolute Gasteiger partial charge is 0.124 e. The lowest BCUT2D eigenvalue weighted by molar-refractivity contribution is 0.148. The van der Waals surface area contributed by atoms with Crippen molar-refractivity contribution >= 4 is 0 Å². The molecule has 0 amide bonds. The van der Waals surface area contributed by atoms with Crippen LogP contribution < -0.4 is 5.32 Å². The van der Waals surface area contributed by atoms with E-state index in [0.717, 1.165) is 18.2 Å². The summed E-state index contributed by atoms with van der Waals surface area (Å²) in [5.41, 5.74) is 1.52. The van der Waals surface area contributed by atoms with Crippen LogP contribution in [0.2, 0.25) is 0 Å². The van der Waals surface area contributed by atoms with Crippen LogP contribution in [0.15, 0.2) is 16.9 Å². The topological polar surface area (TPSA) is 38.1 Å². The summed E-state index contributed by atoms with van der Waals surface area (Å²) in [6.07, 6.45) is 5.52. The average Bonchev–Trinajstić information content (AvgIpc) is 2.68. The lowest BCUT2D eigenvalue weighted by Crippen LogP contribution is -2.41. The van der Waals surface area contributed by atoms with Gasteiger partial charge < -0.3 is 9.84 Å². The molecule has 2 rings (SSSR count). The summed E-state index contributed by atoms with van der Waals surface area (Å²) in [5, 5.41) is 7.51. The largest absolute Gasteiger partial charge is 0.364 e. The molecule has 2 unspecified atom stereocenters. The third kappa shape index (κ3) is 2.85. The lowest BCUT2D eigenvalue weighted by atomic mass is 9.70. The summed E-state index contributed by atoms with van der Waals surface area (Å²) in [4.78, 5) is 0. The van der Waals surface area contributed by atoms with Crippen LogP contribution in [-0.4, -0.2) is 11.2 Å². The minimum absolute atomic E-state index is 0.519. The van der Waals surface area contributed by atoms with Crippen LogP contribution in [0.1, 0.15) is 45.7 Å². The number of rotatable bonds is 3. The van der Waals surface area contributed by atoms with Crippen molar-refractivity contribution in [2.24, 2.45) is 11.3 Å². The van der Waals surface area contributed by atoms with Crippen molar-refractivity contribution in [1.82, 2.24) is 10.5 Å². The minimum atomic E-state index is 0.519. The van der Waals surface area contributed by atoms with E-state index in [2.05, 4.69) is 31.2 Å². The van der Waals surface area contributed by atoms with Crippen LogP contribution in [0, 0.1) is 11.3 Å². The molecule has 0 radical (unpaired) electrons. The Morgan fingerprint density at radius 3 is 3.00 bits per heavy atom. The Morgan fingerprint density at radius 2 is 2.38 bits per heavy atom. The van der Waals surface area contributed by atoms with Gasteiger partial charge in [-0.25, -0.2) is 0 Å². The molecule has 90 valence electrons. The Hall–Kier alpha value is -0.830. The second kappa shape index (κ2) is 4.58. The van der Waals surface area contributed by atoms with Crippen LogP contribution in [0.5, 0.6) is 0 Å². The highest BCUT2D eigenvalue weighted by atomic mass is 16.5. The third-order valence-corrected chi connectivity index (χ3v) is 3.73. The summed E-state index contributed by atoms with van der Waals surface area (Å²) >= 11 is 0. The summed E-state index contributed by atoms with van der Waals surface area (Å²) in [5.74, 6) is 0.746. The molecule has 0 bridgehead atoms. The molecule has 1 aromatic rings. The second-order valence-electron chi connectivity index (χ2n) is 5.86. The predicted octanol–water partition coefficient (Wildman–Crippen LogP) is 2.98. The van der Waals surface area contributed by atoms with Gasteiger partial charge in [0.1, 0.15) is 6.26 Å². The second-order valence-corrected chi connectivity index (χ2v) is 5.86. The first-order valence-electron chi connectivity index (χ1n) is 6.19. The maximum absolute atomic E-state index is 4.82. The normalized spacial score (nSPS) is 29.2. The van der Waals surface area contributed by atoms with Gasteiger partial charge in [-0.2, -0.15) is 0 Å². The van der Waals surface area contributed by atoms with Crippen LogP contribution in [0.4, 0.5) is 0 Å². The van der Waals surface area contributed by atoms with Crippen molar-refractivity contribution in [3.63, 3.8) is 0 Å². The molecule has 1 heterocycles. The highest BCUT2D eigenvalue weighted by molar-refractivity contribution is 4.96. The molecule has 1 N–H and O–H groups in total. The van der Waals surface area contributed by atoms with Gasteiger partial charge in [-0.05, 0) is 30.6 Å². The van der Waals surface area contributed by atoms with E-state index in [1.807, 2.05) is 6.07 Å². The van der Waals surface area contributed by atoms with E-state index in [1.165, 1.54) is 19.3 Å². The molecule has 0 saturated heterocycles. The van der Waals surface area contributed by atoms with Crippen LogP contribution in [-0.2, 0) is 6.54 Å². The monoisotopic (exact) mass is 222 g/mol. The summed E-state index contributed by atoms with van der Waals surface area (Å²) in [7, 11) is 0. The minimum Gasteiger partial charge on any atom is -0.364 e. The maximum Gasteiger partial charge on any atom is 0.124 e. The molecule has 1 aromatic heterocycles. The van der Waals surface area contributed by atoms with E-state index in [0.29, 0.717) is 11.5 Å². The summed E-state index contributed by atoms with van der Waals surface area (Å²) < 4.78 is 4.82. The molecule has 1 aliphatic rings. The fraction of sp³-hybridized carbons (Fsp3) is 0.769. The van der Waals surface area contributed by atoms with E-state index in [9.17, 15) is 0 Å². The quantitative estimate of drug-likeness (QED) is 0.854. The van der Waals surface area contributed by atoms with Gasteiger partial charge in [0.15, 0.2) is 0 Å². The molecule has 3 nitrogen and oxygen atoms in total. The Labute approximate surface area is 97.6 Å². The van der Waals surface area contributed by atoms with E-state index < -0.39 is 0 Å². The molecule has 2 atom stereocenters. The van der Waals surface area contributed by atoms with E-state index in [1.54, 1.807) is 6.26 Å². The van der Waals surface area contributed by atoms with Gasteiger partial charge in [-0.15, -0.1) is 0 Å². The Bertz CT molecular complexity index is 319. The van der Waals surface area contributed by atoms with Crippen molar-refractivity contribution in [2.45, 2.75) is 52.6 Å². The summed E-state index contributed by atoms with van der Waals surface area (Å²) in [6.45, 7) is 7.92. The zero-order valence-electron chi connectivity index (χ0n) is 10.5. The fourth-order valence-electron chi connectivity index (χ4n) is 2.81. The fourth-order valence-corrected chi connectivity index (χ4v) is 2.81. The highest BCUT2D eigenvalue weighted by Gasteiger charge is 2.31. The van der Waals surface area contributed by atoms with E-state index in [4.69, 9.17) is 4.52 Å². The number of nitrogens with one attached hydrogen (secondary N) is 1. The first-order valence-corrected chi connectivity index (χ1v) is 6.19. The number of nitrogens with zero attached hydrogens (tertiary/aromatic N) is 1. The van der Waals surface area contributed by atoms with Crippen LogP contribution in [0.3, 0.4) is 0 Å². The lowest BCUT2D eigenvalue weighted by Gasteiger charge is -2.39. The van der Waals surface area contributed by atoms with Crippen molar-refractivity contribution in [3.8, 4) is 0 Å². The van der Waals surface area contributed by atoms with Gasteiger partial charge in [0, 0.05) is 18.7 Å². The van der Waals surface area contributed by atoms with Gasteiger partial charge in [0.2, 0.25) is 0 Å². The van der Waals surface area contributed by atoms with Crippen molar-refractivity contribution in [1.29, 1.82) is 0 Å². The Balaban J connectivity index is 1.83. The SMILES string of the molecule is CC1CC(C)(C)CCC1NCc1ccon1. The summed E-state index contributed by atoms with van der Waals surface area (Å²) in [6, 6.07) is 2.55. The number of hydrogen-bond donors (Lipinski definition) is 1. The molecular formula is C13H22N2O. The third-order valence-electron chi connectivity index (χ3n) is 3.73. The molecule has 0 aliphatic heterocycles. The van der Waals surface area contributed by atoms with Crippen LogP contribution >= 0.6 is 0 Å². The highest BCUT2D eigenvalue weighted by Crippen LogP contribution is 2.38. The predicted molar refractivity (Wildman–Crippen MR) is 63.9 cm³/mol. The van der Waals surface area contributed by atoms with Crippen LogP contribution in [0.25, 0.3) is 0 Å². The van der Waals surface area contributed by atoms with Crippen molar-refractivity contribution < 1.29 is 4.52 Å². The molecule has 3 heteroatoms. The number of hydrogen-bond acceptors (Lipinski definition) is 3. The van der Waals surface area contributed by atoms with Gasteiger partial charge in [0.05, 0.1) is 5.69 Å². The van der Waals surface area contributed by atoms with E-state index in [-0.39, 0.29) is 0 Å². The molecule has 1 saturated carbocycles. The Kier molecular flexibility index (Phi) is 3.33. The molecule has 0 spiro atoms. The van der Waals surface area contributed by atoms with E-state index >= 15 is 0 Å². The molecular weight excluding hydrogens is 200 g/mol. The van der Waals surface area contributed by atoms with Gasteiger partial charge in [-0.1, -0.05) is 25.9 Å².